The predicted octanol–water partition coefficient (Wildman–Crippen LogP) is -0.989. The van der Waals surface area contributed by atoms with Crippen molar-refractivity contribution in [2.24, 2.45) is 0 Å². The third-order valence-electron chi connectivity index (χ3n) is 1.29. The molecule has 0 aliphatic heterocycles. The minimum absolute atomic E-state index is 0.559. The van der Waals surface area contributed by atoms with E-state index in [0.717, 1.165) is 6.92 Å². The summed E-state index contributed by atoms with van der Waals surface area (Å²) >= 11 is 0. The van der Waals surface area contributed by atoms with Gasteiger partial charge >= 0.3 is 17.9 Å². The summed E-state index contributed by atoms with van der Waals surface area (Å²) < 4.78 is 0. The van der Waals surface area contributed by atoms with Crippen molar-refractivity contribution in [3.63, 3.8) is 0 Å². The molecule has 0 saturated heterocycles. The van der Waals surface area contributed by atoms with Crippen molar-refractivity contribution in [2.45, 2.75) is 19.8 Å². The van der Waals surface area contributed by atoms with Crippen molar-refractivity contribution in [1.29, 1.82) is 0 Å². The van der Waals surface area contributed by atoms with Crippen molar-refractivity contribution >= 4 is 29.5 Å². The molecule has 0 rings (SSSR count). The first kappa shape index (κ1) is 13.8. The van der Waals surface area contributed by atoms with Crippen molar-refractivity contribution < 1.29 is 38.9 Å². The van der Waals surface area contributed by atoms with Crippen molar-refractivity contribution in [3.05, 3.63) is 0 Å². The molecule has 88 valence electrons. The van der Waals surface area contributed by atoms with E-state index in [1.165, 1.54) is 0 Å². The van der Waals surface area contributed by atoms with E-state index in [9.17, 15) is 24.0 Å². The van der Waals surface area contributed by atoms with Gasteiger partial charge in [-0.1, -0.05) is 0 Å². The summed E-state index contributed by atoms with van der Waals surface area (Å²) in [6.45, 7) is 0.907. The largest absolute Gasteiger partial charge is 0.476 e. The molecule has 0 bridgehead atoms. The molecule has 0 aliphatic carbocycles. The normalized spacial score (nSPS) is 9.06. The fourth-order valence-electron chi connectivity index (χ4n) is 0.507. The topological polar surface area (TPSA) is 124 Å². The number of hydrogen-bond donors (Lipinski definition) is 1. The van der Waals surface area contributed by atoms with Gasteiger partial charge in [0.25, 0.3) is 0 Å². The fraction of sp³-hybridized carbons (Fsp3) is 0.375. The zero-order chi connectivity index (χ0) is 12.7. The summed E-state index contributed by atoms with van der Waals surface area (Å²) in [4.78, 5) is 59.7. The minimum Gasteiger partial charge on any atom is -0.476 e. The second-order valence-electron chi connectivity index (χ2n) is 2.61. The van der Waals surface area contributed by atoms with Gasteiger partial charge in [0.1, 0.15) is 0 Å². The Hall–Kier alpha value is -2.25. The highest BCUT2D eigenvalue weighted by Gasteiger charge is 2.17. The number of Topliss-reactive ketones (excluding diaryl/α,β-unsaturated/α-hetero) is 2. The summed E-state index contributed by atoms with van der Waals surface area (Å²) in [6.07, 6.45) is -1.14. The van der Waals surface area contributed by atoms with E-state index < -0.39 is 42.3 Å². The van der Waals surface area contributed by atoms with Crippen molar-refractivity contribution in [2.75, 3.05) is 0 Å². The third-order valence-corrected chi connectivity index (χ3v) is 1.29. The molecule has 0 aromatic rings. The zero-order valence-corrected chi connectivity index (χ0v) is 8.22. The Morgan fingerprint density at radius 2 is 1.56 bits per heavy atom. The average molecular weight is 232 g/mol. The Morgan fingerprint density at radius 1 is 1.00 bits per heavy atom. The molecule has 0 spiro atoms. The predicted molar refractivity (Wildman–Crippen MR) is 44.7 cm³/mol. The molecular weight excluding hydrogens is 224 g/mol. The van der Waals surface area contributed by atoms with Gasteiger partial charge in [-0.25, -0.2) is 24.2 Å². The molecule has 8 nitrogen and oxygen atoms in total. The fourth-order valence-corrected chi connectivity index (χ4v) is 0.507. The van der Waals surface area contributed by atoms with Crippen molar-refractivity contribution in [3.8, 4) is 0 Å². The Balaban J connectivity index is 3.84. The second-order valence-corrected chi connectivity index (χ2v) is 2.61. The monoisotopic (exact) mass is 232 g/mol. The number of carbonyl (C=O) groups excluding carboxylic acids is 4. The average Bonchev–Trinajstić information content (AvgIpc) is 2.21. The van der Waals surface area contributed by atoms with Crippen LogP contribution in [-0.2, 0) is 33.7 Å². The van der Waals surface area contributed by atoms with Gasteiger partial charge in [-0.2, -0.15) is 0 Å². The lowest BCUT2D eigenvalue weighted by atomic mass is 10.2. The Morgan fingerprint density at radius 3 is 2.00 bits per heavy atom. The maximum absolute atomic E-state index is 10.7. The van der Waals surface area contributed by atoms with Crippen LogP contribution < -0.4 is 0 Å². The van der Waals surface area contributed by atoms with Crippen LogP contribution in [0.4, 0.5) is 0 Å². The van der Waals surface area contributed by atoms with Crippen LogP contribution in [0.25, 0.3) is 0 Å². The molecular formula is C8H8O8. The maximum Gasteiger partial charge on any atom is 0.421 e. The highest BCUT2D eigenvalue weighted by molar-refractivity contribution is 6.33. The first-order chi connectivity index (χ1) is 7.34. The Labute approximate surface area is 89.1 Å². The maximum atomic E-state index is 10.7. The Bertz CT molecular complexity index is 310. The number of aliphatic carboxylic acids is 1. The number of hydrogen-bond acceptors (Lipinski definition) is 7. The lowest BCUT2D eigenvalue weighted by molar-refractivity contribution is -0.256. The minimum atomic E-state index is -1.67. The van der Waals surface area contributed by atoms with Crippen molar-refractivity contribution in [1.82, 2.24) is 0 Å². The molecule has 8 heteroatoms. The molecule has 1 N–H and O–H groups in total. The van der Waals surface area contributed by atoms with E-state index in [1.54, 1.807) is 0 Å². The van der Waals surface area contributed by atoms with E-state index in [-0.39, 0.29) is 0 Å². The summed E-state index contributed by atoms with van der Waals surface area (Å²) in [5.74, 6) is -6.29. The summed E-state index contributed by atoms with van der Waals surface area (Å²) in [7, 11) is 0. The van der Waals surface area contributed by atoms with E-state index in [2.05, 4.69) is 9.78 Å². The van der Waals surface area contributed by atoms with E-state index >= 15 is 0 Å². The molecule has 0 heterocycles. The summed E-state index contributed by atoms with van der Waals surface area (Å²) in [6, 6.07) is 0. The van der Waals surface area contributed by atoms with Gasteiger partial charge in [-0.15, -0.1) is 0 Å². The Kier molecular flexibility index (Phi) is 5.39. The quantitative estimate of drug-likeness (QED) is 0.364. The molecule has 0 atom stereocenters. The van der Waals surface area contributed by atoms with Gasteiger partial charge in [0, 0.05) is 13.3 Å². The molecule has 0 radical (unpaired) electrons. The zero-order valence-electron chi connectivity index (χ0n) is 8.22. The SMILES string of the molecule is CC(=O)C(=O)OOC(=O)CCC(=O)C(=O)O. The molecule has 0 aliphatic rings. The van der Waals surface area contributed by atoms with E-state index in [1.807, 2.05) is 0 Å². The first-order valence-electron chi connectivity index (χ1n) is 4.03. The van der Waals surface area contributed by atoms with Crippen LogP contribution in [0.15, 0.2) is 0 Å². The van der Waals surface area contributed by atoms with Gasteiger partial charge in [0.05, 0.1) is 6.42 Å². The van der Waals surface area contributed by atoms with Crippen LogP contribution in [-0.4, -0.2) is 34.6 Å². The van der Waals surface area contributed by atoms with Gasteiger partial charge in [0.15, 0.2) is 0 Å². The number of rotatable bonds is 5. The van der Waals surface area contributed by atoms with E-state index in [4.69, 9.17) is 5.11 Å². The van der Waals surface area contributed by atoms with Gasteiger partial charge in [-0.05, 0) is 0 Å². The lowest BCUT2D eigenvalue weighted by Crippen LogP contribution is -2.19. The highest BCUT2D eigenvalue weighted by atomic mass is 17.2. The summed E-state index contributed by atoms with van der Waals surface area (Å²) in [5, 5.41) is 8.15. The van der Waals surface area contributed by atoms with Crippen LogP contribution in [0.1, 0.15) is 19.8 Å². The number of carboxylic acid groups (broad SMARTS) is 1. The van der Waals surface area contributed by atoms with Crippen LogP contribution in [0.2, 0.25) is 0 Å². The molecule has 0 fully saturated rings. The molecule has 0 amide bonds. The van der Waals surface area contributed by atoms with Crippen LogP contribution in [0.3, 0.4) is 0 Å². The number of carboxylic acids is 1. The molecule has 0 aromatic carbocycles. The van der Waals surface area contributed by atoms with E-state index in [0.29, 0.717) is 0 Å². The highest BCUT2D eigenvalue weighted by Crippen LogP contribution is 1.96. The van der Waals surface area contributed by atoms with Crippen LogP contribution in [0.5, 0.6) is 0 Å². The smallest absolute Gasteiger partial charge is 0.421 e. The summed E-state index contributed by atoms with van der Waals surface area (Å²) in [5.41, 5.74) is 0. The van der Waals surface area contributed by atoms with Gasteiger partial charge in [-0.3, -0.25) is 9.59 Å². The third kappa shape index (κ3) is 5.47. The molecule has 0 aromatic heterocycles. The van der Waals surface area contributed by atoms with Crippen LogP contribution >= 0.6 is 0 Å². The second kappa shape index (κ2) is 6.27. The first-order valence-corrected chi connectivity index (χ1v) is 4.03. The van der Waals surface area contributed by atoms with Crippen LogP contribution in [0, 0.1) is 0 Å². The molecule has 0 unspecified atom stereocenters. The lowest BCUT2D eigenvalue weighted by Gasteiger charge is -1.99. The van der Waals surface area contributed by atoms with Gasteiger partial charge < -0.3 is 5.11 Å². The number of ketones is 2. The standard InChI is InChI=1S/C8H8O8/c1-4(9)8(14)16-15-6(11)3-2-5(10)7(12)13/h2-3H2,1H3,(H,12,13). The number of carbonyl (C=O) groups is 5. The molecule has 0 saturated carbocycles. The molecule has 16 heavy (non-hydrogen) atoms. The van der Waals surface area contributed by atoms with Gasteiger partial charge in [0.2, 0.25) is 11.6 Å².